The predicted octanol–water partition coefficient (Wildman–Crippen LogP) is 3.02. The van der Waals surface area contributed by atoms with Gasteiger partial charge in [-0.05, 0) is 68.6 Å². The van der Waals surface area contributed by atoms with Crippen molar-refractivity contribution >= 4 is 33.1 Å². The number of aromatic nitrogens is 2. The number of carbonyl (C=O) groups excluding carboxylic acids is 1. The van der Waals surface area contributed by atoms with Crippen molar-refractivity contribution in [1.29, 1.82) is 0 Å². The Bertz CT molecular complexity index is 1030. The average Bonchev–Trinajstić information content (AvgIpc) is 3.13. The van der Waals surface area contributed by atoms with Crippen LogP contribution in [0.4, 0.5) is 5.69 Å². The number of thiazole rings is 1. The van der Waals surface area contributed by atoms with E-state index in [1.54, 1.807) is 34.5 Å². The molecule has 6 nitrogen and oxygen atoms in total. The second kappa shape index (κ2) is 7.62. The van der Waals surface area contributed by atoms with Crippen LogP contribution in [0.5, 0.6) is 0 Å². The Kier molecular flexibility index (Phi) is 5.05. The fourth-order valence-electron chi connectivity index (χ4n) is 3.57. The molecule has 1 aromatic carbocycles. The van der Waals surface area contributed by atoms with Crippen molar-refractivity contribution in [3.8, 4) is 0 Å². The van der Waals surface area contributed by atoms with Gasteiger partial charge in [0.15, 0.2) is 0 Å². The second-order valence-electron chi connectivity index (χ2n) is 7.03. The fourth-order valence-corrected chi connectivity index (χ4v) is 4.23. The Labute approximate surface area is 161 Å². The summed E-state index contributed by atoms with van der Waals surface area (Å²) in [6, 6.07) is 7.43. The van der Waals surface area contributed by atoms with Gasteiger partial charge in [-0.1, -0.05) is 0 Å². The van der Waals surface area contributed by atoms with Crippen molar-refractivity contribution in [2.45, 2.75) is 26.3 Å². The number of pyridine rings is 1. The maximum absolute atomic E-state index is 12.9. The Hall–Kier alpha value is -2.51. The zero-order valence-electron chi connectivity index (χ0n) is 15.2. The van der Waals surface area contributed by atoms with Crippen molar-refractivity contribution in [2.24, 2.45) is 5.92 Å². The molecular weight excluding hydrogens is 360 g/mol. The average molecular weight is 382 g/mol. The monoisotopic (exact) mass is 382 g/mol. The predicted molar refractivity (Wildman–Crippen MR) is 109 cm³/mol. The van der Waals surface area contributed by atoms with Crippen LogP contribution in [-0.4, -0.2) is 28.5 Å². The summed E-state index contributed by atoms with van der Waals surface area (Å²) in [6.45, 7) is 4.38. The van der Waals surface area contributed by atoms with Crippen LogP contribution in [0, 0.1) is 12.8 Å². The molecule has 2 aromatic heterocycles. The highest BCUT2D eigenvalue weighted by molar-refractivity contribution is 7.16. The van der Waals surface area contributed by atoms with Crippen LogP contribution in [0.2, 0.25) is 0 Å². The van der Waals surface area contributed by atoms with E-state index in [9.17, 15) is 9.59 Å². The summed E-state index contributed by atoms with van der Waals surface area (Å²) < 4.78 is 2.73. The second-order valence-corrected chi connectivity index (χ2v) is 7.92. The molecule has 1 unspecified atom stereocenters. The number of carbonyl (C=O) groups is 1. The number of nitrogens with one attached hydrogen (secondary N) is 2. The van der Waals surface area contributed by atoms with Crippen LogP contribution in [0.15, 0.2) is 40.8 Å². The van der Waals surface area contributed by atoms with Crippen LogP contribution in [0.25, 0.3) is 10.2 Å². The number of anilines is 1. The molecule has 1 aliphatic rings. The van der Waals surface area contributed by atoms with E-state index in [-0.39, 0.29) is 17.0 Å². The smallest absolute Gasteiger partial charge is 0.263 e. The molecule has 1 amide bonds. The third-order valence-corrected chi connectivity index (χ3v) is 5.85. The molecule has 3 heterocycles. The molecule has 1 atom stereocenters. The first-order valence-electron chi connectivity index (χ1n) is 9.17. The van der Waals surface area contributed by atoms with Gasteiger partial charge in [-0.3, -0.25) is 9.59 Å². The maximum Gasteiger partial charge on any atom is 0.263 e. The van der Waals surface area contributed by atoms with Crippen molar-refractivity contribution in [3.05, 3.63) is 57.5 Å². The third kappa shape index (κ3) is 3.79. The van der Waals surface area contributed by atoms with E-state index in [0.717, 1.165) is 36.1 Å². The molecule has 0 saturated carbocycles. The summed E-state index contributed by atoms with van der Waals surface area (Å²) in [6.07, 6.45) is 4.02. The lowest BCUT2D eigenvalue weighted by molar-refractivity contribution is 0.102. The Morgan fingerprint density at radius 1 is 1.41 bits per heavy atom. The highest BCUT2D eigenvalue weighted by Crippen LogP contribution is 2.22. The zero-order chi connectivity index (χ0) is 18.8. The van der Waals surface area contributed by atoms with Gasteiger partial charge < -0.3 is 15.2 Å². The molecule has 140 valence electrons. The van der Waals surface area contributed by atoms with Crippen molar-refractivity contribution in [2.75, 3.05) is 18.4 Å². The summed E-state index contributed by atoms with van der Waals surface area (Å²) in [5, 5.41) is 6.22. The molecule has 2 N–H and O–H groups in total. The number of amides is 1. The van der Waals surface area contributed by atoms with Crippen molar-refractivity contribution < 1.29 is 4.79 Å². The van der Waals surface area contributed by atoms with E-state index >= 15 is 0 Å². The van der Waals surface area contributed by atoms with Crippen LogP contribution in [-0.2, 0) is 6.54 Å². The number of hydrogen-bond acceptors (Lipinski definition) is 5. The molecule has 4 rings (SSSR count). The first-order chi connectivity index (χ1) is 13.1. The number of benzene rings is 1. The Balaban J connectivity index is 1.58. The number of rotatable bonds is 4. The molecule has 0 spiro atoms. The zero-order valence-corrected chi connectivity index (χ0v) is 16.0. The van der Waals surface area contributed by atoms with Gasteiger partial charge in [0, 0.05) is 18.4 Å². The molecule has 0 radical (unpaired) electrons. The molecule has 7 heteroatoms. The van der Waals surface area contributed by atoms with Gasteiger partial charge in [-0.15, -0.1) is 11.3 Å². The van der Waals surface area contributed by atoms with Gasteiger partial charge in [0.25, 0.3) is 11.5 Å². The summed E-state index contributed by atoms with van der Waals surface area (Å²) in [5.74, 6) is 0.0466. The van der Waals surface area contributed by atoms with Crippen LogP contribution >= 0.6 is 11.3 Å². The quantitative estimate of drug-likeness (QED) is 0.727. The van der Waals surface area contributed by atoms with Crippen molar-refractivity contribution in [3.63, 3.8) is 0 Å². The number of piperidine rings is 1. The number of fused-ring (bicyclic) bond motifs is 1. The van der Waals surface area contributed by atoms with E-state index in [2.05, 4.69) is 15.6 Å². The third-order valence-electron chi connectivity index (χ3n) is 5.04. The first-order valence-corrected chi connectivity index (χ1v) is 10.0. The van der Waals surface area contributed by atoms with E-state index in [1.807, 2.05) is 24.3 Å². The van der Waals surface area contributed by atoms with Gasteiger partial charge in [0.05, 0.1) is 15.7 Å². The van der Waals surface area contributed by atoms with E-state index in [1.165, 1.54) is 0 Å². The minimum Gasteiger partial charge on any atom is -0.322 e. The largest absolute Gasteiger partial charge is 0.322 e. The maximum atomic E-state index is 12.9. The topological polar surface area (TPSA) is 76.0 Å². The van der Waals surface area contributed by atoms with Gasteiger partial charge in [-0.2, -0.15) is 0 Å². The van der Waals surface area contributed by atoms with Gasteiger partial charge in [0.2, 0.25) is 0 Å². The van der Waals surface area contributed by atoms with E-state index in [0.29, 0.717) is 23.7 Å². The minimum atomic E-state index is -0.372. The van der Waals surface area contributed by atoms with Crippen LogP contribution in [0.1, 0.15) is 28.8 Å². The summed E-state index contributed by atoms with van der Waals surface area (Å²) >= 11 is 1.55. The van der Waals surface area contributed by atoms with Crippen LogP contribution < -0.4 is 16.2 Å². The van der Waals surface area contributed by atoms with E-state index < -0.39 is 0 Å². The van der Waals surface area contributed by atoms with E-state index in [4.69, 9.17) is 0 Å². The molecule has 0 aliphatic carbocycles. The SMILES string of the molecule is Cc1ccn(CC2CCCNC2)c(=O)c1C(=O)Nc1ccc2scnc2c1. The normalized spacial score (nSPS) is 17.1. The molecule has 3 aromatic rings. The molecule has 1 saturated heterocycles. The lowest BCUT2D eigenvalue weighted by atomic mass is 9.99. The fraction of sp³-hybridized carbons (Fsp3) is 0.350. The van der Waals surface area contributed by atoms with Gasteiger partial charge in [-0.25, -0.2) is 4.98 Å². The molecule has 0 bridgehead atoms. The lowest BCUT2D eigenvalue weighted by Crippen LogP contribution is -2.36. The van der Waals surface area contributed by atoms with Crippen LogP contribution in [0.3, 0.4) is 0 Å². The summed E-state index contributed by atoms with van der Waals surface area (Å²) in [5.41, 5.74) is 3.92. The molecule has 27 heavy (non-hydrogen) atoms. The minimum absolute atomic E-state index is 0.208. The standard InChI is InChI=1S/C20H22N4O2S/c1-13-6-8-24(11-14-3-2-7-21-10-14)20(26)18(13)19(25)23-15-4-5-17-16(9-15)22-12-27-17/h4-6,8-9,12,14,21H,2-3,7,10-11H2,1H3,(H,23,25). The highest BCUT2D eigenvalue weighted by Gasteiger charge is 2.19. The first kappa shape index (κ1) is 17.9. The Morgan fingerprint density at radius 3 is 3.11 bits per heavy atom. The molecule has 1 fully saturated rings. The van der Waals surface area contributed by atoms with Gasteiger partial charge >= 0.3 is 0 Å². The number of nitrogens with zero attached hydrogens (tertiary/aromatic N) is 2. The summed E-state index contributed by atoms with van der Waals surface area (Å²) in [4.78, 5) is 30.0. The number of aryl methyl sites for hydroxylation is 1. The molecular formula is C20H22N4O2S. The highest BCUT2D eigenvalue weighted by atomic mass is 32.1. The summed E-state index contributed by atoms with van der Waals surface area (Å²) in [7, 11) is 0. The number of hydrogen-bond donors (Lipinski definition) is 2. The van der Waals surface area contributed by atoms with Crippen molar-refractivity contribution in [1.82, 2.24) is 14.9 Å². The lowest BCUT2D eigenvalue weighted by Gasteiger charge is -2.23. The van der Waals surface area contributed by atoms with Gasteiger partial charge in [0.1, 0.15) is 5.56 Å². The molecule has 1 aliphatic heterocycles. The Morgan fingerprint density at radius 2 is 2.30 bits per heavy atom.